The maximum atomic E-state index is 13.0. The van der Waals surface area contributed by atoms with E-state index in [0.717, 1.165) is 19.0 Å². The fraction of sp³-hybridized carbons (Fsp3) is 0.333. The number of fused-ring (bicyclic) bond motifs is 1. The minimum Gasteiger partial charge on any atom is -0.353 e. The summed E-state index contributed by atoms with van der Waals surface area (Å²) in [6.07, 6.45) is -1.60. The molecule has 1 aliphatic rings. The SMILES string of the molecule is FC(F)(F)c1ncc2nc(NC3CC3)n(Cc3cc(Cl)nc(Cl)c3)c2n1. The molecule has 1 saturated carbocycles. The van der Waals surface area contributed by atoms with Gasteiger partial charge < -0.3 is 5.32 Å². The first-order valence-electron chi connectivity index (χ1n) is 7.68. The molecule has 0 radical (unpaired) electrons. The molecule has 1 N–H and O–H groups in total. The average molecular weight is 403 g/mol. The van der Waals surface area contributed by atoms with Gasteiger partial charge in [0, 0.05) is 6.04 Å². The van der Waals surface area contributed by atoms with Gasteiger partial charge in [-0.2, -0.15) is 13.2 Å². The van der Waals surface area contributed by atoms with Gasteiger partial charge in [-0.1, -0.05) is 23.2 Å². The highest BCUT2D eigenvalue weighted by atomic mass is 35.5. The van der Waals surface area contributed by atoms with Crippen LogP contribution in [-0.2, 0) is 12.7 Å². The maximum Gasteiger partial charge on any atom is 0.451 e. The molecule has 1 fully saturated rings. The molecular formula is C15H11Cl2F3N6. The second-order valence-corrected chi connectivity index (χ2v) is 6.74. The molecule has 3 aromatic rings. The highest BCUT2D eigenvalue weighted by molar-refractivity contribution is 6.32. The van der Waals surface area contributed by atoms with Crippen molar-refractivity contribution in [1.82, 2.24) is 24.5 Å². The number of anilines is 1. The molecule has 1 aliphatic carbocycles. The maximum absolute atomic E-state index is 13.0. The van der Waals surface area contributed by atoms with Crippen molar-refractivity contribution in [3.63, 3.8) is 0 Å². The Kier molecular flexibility index (Phi) is 4.15. The first kappa shape index (κ1) is 17.3. The van der Waals surface area contributed by atoms with E-state index in [9.17, 15) is 13.2 Å². The number of hydrogen-bond acceptors (Lipinski definition) is 5. The molecule has 0 amide bonds. The Morgan fingerprint density at radius 1 is 1.12 bits per heavy atom. The van der Waals surface area contributed by atoms with E-state index in [1.165, 1.54) is 0 Å². The summed E-state index contributed by atoms with van der Waals surface area (Å²) >= 11 is 11.8. The number of halogens is 5. The van der Waals surface area contributed by atoms with Crippen molar-refractivity contribution in [2.24, 2.45) is 0 Å². The number of pyridine rings is 1. The van der Waals surface area contributed by atoms with E-state index in [2.05, 4.69) is 25.3 Å². The van der Waals surface area contributed by atoms with Crippen LogP contribution in [0, 0.1) is 0 Å². The summed E-state index contributed by atoms with van der Waals surface area (Å²) in [5.41, 5.74) is 1.02. The number of rotatable bonds is 4. The van der Waals surface area contributed by atoms with Gasteiger partial charge in [0.25, 0.3) is 0 Å². The highest BCUT2D eigenvalue weighted by Crippen LogP contribution is 2.30. The first-order chi connectivity index (χ1) is 12.3. The zero-order valence-electron chi connectivity index (χ0n) is 13.1. The fourth-order valence-corrected chi connectivity index (χ4v) is 3.02. The van der Waals surface area contributed by atoms with Gasteiger partial charge in [-0.05, 0) is 30.5 Å². The van der Waals surface area contributed by atoms with Crippen LogP contribution >= 0.6 is 23.2 Å². The van der Waals surface area contributed by atoms with Gasteiger partial charge in [-0.15, -0.1) is 0 Å². The lowest BCUT2D eigenvalue weighted by atomic mass is 10.2. The number of nitrogens with one attached hydrogen (secondary N) is 1. The number of hydrogen-bond donors (Lipinski definition) is 1. The molecule has 6 nitrogen and oxygen atoms in total. The molecule has 0 aliphatic heterocycles. The summed E-state index contributed by atoms with van der Waals surface area (Å²) in [6.45, 7) is 0.182. The van der Waals surface area contributed by atoms with Crippen LogP contribution in [0.4, 0.5) is 19.1 Å². The Bertz CT molecular complexity index is 963. The van der Waals surface area contributed by atoms with Crippen molar-refractivity contribution in [2.45, 2.75) is 31.6 Å². The van der Waals surface area contributed by atoms with Crippen molar-refractivity contribution < 1.29 is 13.2 Å². The Labute approximate surface area is 155 Å². The molecule has 0 atom stereocenters. The van der Waals surface area contributed by atoms with Crippen LogP contribution in [0.3, 0.4) is 0 Å². The summed E-state index contributed by atoms with van der Waals surface area (Å²) in [7, 11) is 0. The predicted molar refractivity (Wildman–Crippen MR) is 90.3 cm³/mol. The van der Waals surface area contributed by atoms with Crippen LogP contribution in [-0.4, -0.2) is 30.5 Å². The number of aromatic nitrogens is 5. The molecule has 3 aromatic heterocycles. The molecule has 0 bridgehead atoms. The average Bonchev–Trinajstić information content (AvgIpc) is 3.28. The topological polar surface area (TPSA) is 68.5 Å². The van der Waals surface area contributed by atoms with Crippen LogP contribution in [0.15, 0.2) is 18.3 Å². The van der Waals surface area contributed by atoms with Crippen molar-refractivity contribution >= 4 is 40.3 Å². The molecule has 0 saturated heterocycles. The molecule has 0 unspecified atom stereocenters. The monoisotopic (exact) mass is 402 g/mol. The second-order valence-electron chi connectivity index (χ2n) is 5.96. The van der Waals surface area contributed by atoms with E-state index in [4.69, 9.17) is 23.2 Å². The second kappa shape index (κ2) is 6.24. The largest absolute Gasteiger partial charge is 0.451 e. The number of imidazole rings is 1. The van der Waals surface area contributed by atoms with Gasteiger partial charge in [-0.25, -0.2) is 19.9 Å². The van der Waals surface area contributed by atoms with Crippen molar-refractivity contribution in [2.75, 3.05) is 5.32 Å². The Morgan fingerprint density at radius 3 is 2.42 bits per heavy atom. The zero-order valence-corrected chi connectivity index (χ0v) is 14.6. The molecule has 3 heterocycles. The number of nitrogens with zero attached hydrogens (tertiary/aromatic N) is 5. The molecular weight excluding hydrogens is 392 g/mol. The van der Waals surface area contributed by atoms with E-state index in [0.29, 0.717) is 11.5 Å². The molecule has 26 heavy (non-hydrogen) atoms. The third-order valence-electron chi connectivity index (χ3n) is 3.82. The van der Waals surface area contributed by atoms with E-state index in [1.54, 1.807) is 16.7 Å². The third kappa shape index (κ3) is 3.54. The van der Waals surface area contributed by atoms with Crippen molar-refractivity contribution in [1.29, 1.82) is 0 Å². The smallest absolute Gasteiger partial charge is 0.353 e. The van der Waals surface area contributed by atoms with E-state index in [1.807, 2.05) is 0 Å². The molecule has 136 valence electrons. The molecule has 11 heteroatoms. The molecule has 4 rings (SSSR count). The highest BCUT2D eigenvalue weighted by Gasteiger charge is 2.35. The van der Waals surface area contributed by atoms with Crippen LogP contribution < -0.4 is 5.32 Å². The standard InChI is InChI=1S/C15H11Cl2F3N6/c16-10-3-7(4-11(17)24-10)6-26-12-9(23-14(26)22-8-1-2-8)5-21-13(25-12)15(18,19)20/h3-5,8H,1-2,6H2,(H,22,23). The normalized spacial score (nSPS) is 14.8. The summed E-state index contributed by atoms with van der Waals surface area (Å²) in [4.78, 5) is 15.3. The van der Waals surface area contributed by atoms with Crippen LogP contribution in [0.5, 0.6) is 0 Å². The minimum absolute atomic E-state index is 0.0829. The fourth-order valence-electron chi connectivity index (χ4n) is 2.51. The van der Waals surface area contributed by atoms with Gasteiger partial charge in [0.05, 0.1) is 12.7 Å². The summed E-state index contributed by atoms with van der Waals surface area (Å²) in [5, 5.41) is 3.59. The van der Waals surface area contributed by atoms with Gasteiger partial charge in [0.1, 0.15) is 15.8 Å². The lowest BCUT2D eigenvalue weighted by Crippen LogP contribution is -2.13. The van der Waals surface area contributed by atoms with Crippen LogP contribution in [0.2, 0.25) is 10.3 Å². The third-order valence-corrected chi connectivity index (χ3v) is 4.20. The zero-order chi connectivity index (χ0) is 18.5. The lowest BCUT2D eigenvalue weighted by molar-refractivity contribution is -0.144. The molecule has 0 spiro atoms. The summed E-state index contributed by atoms with van der Waals surface area (Å²) < 4.78 is 40.5. The quantitative estimate of drug-likeness (QED) is 0.663. The molecule has 0 aromatic carbocycles. The minimum atomic E-state index is -4.64. The van der Waals surface area contributed by atoms with Gasteiger partial charge in [0.15, 0.2) is 5.65 Å². The van der Waals surface area contributed by atoms with E-state index >= 15 is 0 Å². The first-order valence-corrected chi connectivity index (χ1v) is 8.44. The lowest BCUT2D eigenvalue weighted by Gasteiger charge is -2.11. The van der Waals surface area contributed by atoms with Crippen LogP contribution in [0.25, 0.3) is 11.2 Å². The van der Waals surface area contributed by atoms with Crippen LogP contribution in [0.1, 0.15) is 24.2 Å². The predicted octanol–water partition coefficient (Wildman–Crippen LogP) is 4.17. The van der Waals surface area contributed by atoms with Crippen molar-refractivity contribution in [3.05, 3.63) is 40.0 Å². The van der Waals surface area contributed by atoms with Crippen molar-refractivity contribution in [3.8, 4) is 0 Å². The summed E-state index contributed by atoms with van der Waals surface area (Å²) in [5.74, 6) is -0.782. The van der Waals surface area contributed by atoms with Gasteiger partial charge >= 0.3 is 6.18 Å². The Hall–Kier alpha value is -2.13. The Balaban J connectivity index is 1.82. The van der Waals surface area contributed by atoms with E-state index in [-0.39, 0.29) is 34.1 Å². The van der Waals surface area contributed by atoms with Gasteiger partial charge in [0.2, 0.25) is 11.8 Å². The van der Waals surface area contributed by atoms with Gasteiger partial charge in [-0.3, -0.25) is 4.57 Å². The summed E-state index contributed by atoms with van der Waals surface area (Å²) in [6, 6.07) is 3.43. The Morgan fingerprint density at radius 2 is 1.81 bits per heavy atom. The van der Waals surface area contributed by atoms with E-state index < -0.39 is 12.0 Å². The number of alkyl halides is 3.